The van der Waals surface area contributed by atoms with Crippen LogP contribution in [0.3, 0.4) is 0 Å². The summed E-state index contributed by atoms with van der Waals surface area (Å²) in [6.07, 6.45) is 4.00. The van der Waals surface area contributed by atoms with Crippen molar-refractivity contribution in [1.82, 2.24) is 0 Å². The van der Waals surface area contributed by atoms with Crippen LogP contribution < -0.4 is 0 Å². The Morgan fingerprint density at radius 3 is 2.62 bits per heavy atom. The second kappa shape index (κ2) is 5.75. The molecule has 0 radical (unpaired) electrons. The van der Waals surface area contributed by atoms with Gasteiger partial charge in [-0.05, 0) is 12.3 Å². The van der Waals surface area contributed by atoms with Gasteiger partial charge in [-0.3, -0.25) is 4.79 Å². The van der Waals surface area contributed by atoms with E-state index in [1.165, 1.54) is 12.8 Å². The van der Waals surface area contributed by atoms with Crippen molar-refractivity contribution in [1.29, 1.82) is 0 Å². The lowest BCUT2D eigenvalue weighted by Gasteiger charge is -2.34. The maximum atomic E-state index is 11.3. The third-order valence-electron chi connectivity index (χ3n) is 3.20. The molecule has 4 heteroatoms. The fourth-order valence-corrected chi connectivity index (χ4v) is 1.87. The Labute approximate surface area is 96.2 Å². The number of Topliss-reactive ketones (excluding diaryl/α,β-unsaturated/α-hetero) is 1. The van der Waals surface area contributed by atoms with Gasteiger partial charge in [0.25, 0.3) is 0 Å². The van der Waals surface area contributed by atoms with Crippen molar-refractivity contribution in [3.8, 4) is 0 Å². The molecule has 2 aliphatic rings. The van der Waals surface area contributed by atoms with E-state index < -0.39 is 0 Å². The molecule has 2 saturated carbocycles. The SMILES string of the molecule is COCCOC1C(=O)CC1OCCC1CC1. The third-order valence-corrected chi connectivity index (χ3v) is 3.20. The standard InChI is InChI=1S/C12H20O4/c1-14-6-7-16-12-10(13)8-11(12)15-5-4-9-2-3-9/h9,11-12H,2-8H2,1H3. The molecule has 92 valence electrons. The summed E-state index contributed by atoms with van der Waals surface area (Å²) in [7, 11) is 1.62. The van der Waals surface area contributed by atoms with Gasteiger partial charge in [0.05, 0.1) is 19.3 Å². The molecule has 0 bridgehead atoms. The molecule has 0 aliphatic heterocycles. The largest absolute Gasteiger partial charge is 0.382 e. The predicted molar refractivity (Wildman–Crippen MR) is 58.3 cm³/mol. The minimum absolute atomic E-state index is 0.0110. The lowest BCUT2D eigenvalue weighted by molar-refractivity contribution is -0.167. The van der Waals surface area contributed by atoms with Gasteiger partial charge in [0, 0.05) is 20.1 Å². The summed E-state index contributed by atoms with van der Waals surface area (Å²) >= 11 is 0. The van der Waals surface area contributed by atoms with Gasteiger partial charge in [0.1, 0.15) is 6.10 Å². The van der Waals surface area contributed by atoms with Crippen LogP contribution in [0.1, 0.15) is 25.7 Å². The molecule has 2 aliphatic carbocycles. The van der Waals surface area contributed by atoms with Crippen LogP contribution in [0, 0.1) is 5.92 Å². The van der Waals surface area contributed by atoms with E-state index >= 15 is 0 Å². The molecule has 0 aromatic carbocycles. The Morgan fingerprint density at radius 1 is 1.19 bits per heavy atom. The van der Waals surface area contributed by atoms with Gasteiger partial charge in [-0.1, -0.05) is 12.8 Å². The van der Waals surface area contributed by atoms with Crippen LogP contribution in [0.5, 0.6) is 0 Å². The highest BCUT2D eigenvalue weighted by Gasteiger charge is 2.41. The lowest BCUT2D eigenvalue weighted by atomic mass is 9.90. The van der Waals surface area contributed by atoms with E-state index in [-0.39, 0.29) is 18.0 Å². The molecule has 0 amide bonds. The Balaban J connectivity index is 1.58. The number of rotatable bonds is 8. The highest BCUT2D eigenvalue weighted by molar-refractivity contribution is 5.90. The van der Waals surface area contributed by atoms with Crippen LogP contribution in [-0.2, 0) is 19.0 Å². The van der Waals surface area contributed by atoms with Gasteiger partial charge in [-0.25, -0.2) is 0 Å². The minimum atomic E-state index is -0.339. The highest BCUT2D eigenvalue weighted by atomic mass is 16.6. The van der Waals surface area contributed by atoms with Crippen molar-refractivity contribution in [3.05, 3.63) is 0 Å². The van der Waals surface area contributed by atoms with Crippen LogP contribution in [0.2, 0.25) is 0 Å². The zero-order valence-corrected chi connectivity index (χ0v) is 9.81. The normalized spacial score (nSPS) is 29.2. The van der Waals surface area contributed by atoms with E-state index in [1.54, 1.807) is 7.11 Å². The summed E-state index contributed by atoms with van der Waals surface area (Å²) < 4.78 is 15.9. The van der Waals surface area contributed by atoms with Crippen molar-refractivity contribution in [3.63, 3.8) is 0 Å². The van der Waals surface area contributed by atoms with Gasteiger partial charge >= 0.3 is 0 Å². The molecule has 2 unspecified atom stereocenters. The van der Waals surface area contributed by atoms with Gasteiger partial charge in [-0.15, -0.1) is 0 Å². The van der Waals surface area contributed by atoms with Crippen molar-refractivity contribution < 1.29 is 19.0 Å². The molecule has 4 nitrogen and oxygen atoms in total. The average Bonchev–Trinajstić information content (AvgIpc) is 3.07. The maximum absolute atomic E-state index is 11.3. The highest BCUT2D eigenvalue weighted by Crippen LogP contribution is 2.33. The molecule has 0 spiro atoms. The fourth-order valence-electron chi connectivity index (χ4n) is 1.87. The number of ketones is 1. The summed E-state index contributed by atoms with van der Waals surface area (Å²) in [4.78, 5) is 11.3. The Kier molecular flexibility index (Phi) is 4.32. The van der Waals surface area contributed by atoms with Crippen LogP contribution in [0.4, 0.5) is 0 Å². The predicted octanol–water partition coefficient (Wildman–Crippen LogP) is 1.18. The maximum Gasteiger partial charge on any atom is 0.166 e. The van der Waals surface area contributed by atoms with Crippen molar-refractivity contribution in [2.45, 2.75) is 37.9 Å². The number of carbonyl (C=O) groups excluding carboxylic acids is 1. The molecule has 0 heterocycles. The van der Waals surface area contributed by atoms with Crippen molar-refractivity contribution in [2.24, 2.45) is 5.92 Å². The molecular formula is C12H20O4. The number of hydrogen-bond acceptors (Lipinski definition) is 4. The van der Waals surface area contributed by atoms with Crippen molar-refractivity contribution >= 4 is 5.78 Å². The summed E-state index contributed by atoms with van der Waals surface area (Å²) in [5.74, 6) is 1.04. The topological polar surface area (TPSA) is 44.8 Å². The summed E-state index contributed by atoms with van der Waals surface area (Å²) in [5, 5.41) is 0. The molecular weight excluding hydrogens is 208 g/mol. The zero-order chi connectivity index (χ0) is 11.4. The Morgan fingerprint density at radius 2 is 2.00 bits per heavy atom. The van der Waals surface area contributed by atoms with E-state index in [9.17, 15) is 4.79 Å². The molecule has 2 atom stereocenters. The summed E-state index contributed by atoms with van der Waals surface area (Å²) in [6, 6.07) is 0. The molecule has 0 aromatic heterocycles. The summed E-state index contributed by atoms with van der Waals surface area (Å²) in [6.45, 7) is 1.76. The van der Waals surface area contributed by atoms with E-state index in [4.69, 9.17) is 14.2 Å². The van der Waals surface area contributed by atoms with Crippen LogP contribution in [-0.4, -0.2) is 44.9 Å². The monoisotopic (exact) mass is 228 g/mol. The molecule has 2 fully saturated rings. The fraction of sp³-hybridized carbons (Fsp3) is 0.917. The zero-order valence-electron chi connectivity index (χ0n) is 9.81. The minimum Gasteiger partial charge on any atom is -0.382 e. The number of ether oxygens (including phenoxy) is 3. The first-order valence-electron chi connectivity index (χ1n) is 6.06. The van der Waals surface area contributed by atoms with Gasteiger partial charge in [-0.2, -0.15) is 0 Å². The first-order valence-corrected chi connectivity index (χ1v) is 6.06. The second-order valence-corrected chi connectivity index (χ2v) is 4.60. The first-order chi connectivity index (χ1) is 7.81. The first kappa shape index (κ1) is 12.0. The average molecular weight is 228 g/mol. The van der Waals surface area contributed by atoms with Crippen molar-refractivity contribution in [2.75, 3.05) is 26.9 Å². The van der Waals surface area contributed by atoms with E-state index in [0.717, 1.165) is 18.9 Å². The smallest absolute Gasteiger partial charge is 0.166 e. The molecule has 0 aromatic rings. The Hall–Kier alpha value is -0.450. The van der Waals surface area contributed by atoms with Gasteiger partial charge < -0.3 is 14.2 Å². The van der Waals surface area contributed by atoms with Gasteiger partial charge in [0.2, 0.25) is 0 Å². The van der Waals surface area contributed by atoms with E-state index in [1.807, 2.05) is 0 Å². The molecule has 0 N–H and O–H groups in total. The van der Waals surface area contributed by atoms with Gasteiger partial charge in [0.15, 0.2) is 5.78 Å². The van der Waals surface area contributed by atoms with E-state index in [2.05, 4.69) is 0 Å². The second-order valence-electron chi connectivity index (χ2n) is 4.60. The molecule has 2 rings (SSSR count). The number of carbonyl (C=O) groups is 1. The van der Waals surface area contributed by atoms with Crippen LogP contribution in [0.15, 0.2) is 0 Å². The van der Waals surface area contributed by atoms with E-state index in [0.29, 0.717) is 19.6 Å². The molecule has 16 heavy (non-hydrogen) atoms. The summed E-state index contributed by atoms with van der Waals surface area (Å²) in [5.41, 5.74) is 0. The lowest BCUT2D eigenvalue weighted by Crippen LogP contribution is -2.51. The Bertz CT molecular complexity index is 237. The van der Waals surface area contributed by atoms with Crippen LogP contribution >= 0.6 is 0 Å². The number of hydrogen-bond donors (Lipinski definition) is 0. The molecule has 0 saturated heterocycles. The number of methoxy groups -OCH3 is 1. The quantitative estimate of drug-likeness (QED) is 0.585. The third kappa shape index (κ3) is 3.27. The van der Waals surface area contributed by atoms with Crippen LogP contribution in [0.25, 0.3) is 0 Å².